The van der Waals surface area contributed by atoms with E-state index < -0.39 is 11.7 Å². The van der Waals surface area contributed by atoms with Crippen molar-refractivity contribution < 1.29 is 14.6 Å². The second kappa shape index (κ2) is 14.2. The van der Waals surface area contributed by atoms with Crippen LogP contribution in [0.25, 0.3) is 0 Å². The molecule has 3 aromatic rings. The summed E-state index contributed by atoms with van der Waals surface area (Å²) in [4.78, 5) is 0. The Morgan fingerprint density at radius 1 is 0.657 bits per heavy atom. The molecular formula is C32H42O3. The fourth-order valence-electron chi connectivity index (χ4n) is 4.56. The van der Waals surface area contributed by atoms with Gasteiger partial charge >= 0.3 is 0 Å². The number of hydrogen-bond acceptors (Lipinski definition) is 3. The highest BCUT2D eigenvalue weighted by atomic mass is 16.5. The minimum Gasteiger partial charge on any atom is -0.388 e. The molecule has 0 saturated carbocycles. The lowest BCUT2D eigenvalue weighted by Gasteiger charge is -2.36. The van der Waals surface area contributed by atoms with E-state index in [-0.39, 0.29) is 13.2 Å². The van der Waals surface area contributed by atoms with E-state index in [1.165, 1.54) is 19.3 Å². The van der Waals surface area contributed by atoms with E-state index in [0.29, 0.717) is 12.5 Å². The summed E-state index contributed by atoms with van der Waals surface area (Å²) in [5, 5.41) is 10.8. The summed E-state index contributed by atoms with van der Waals surface area (Å²) >= 11 is 0. The van der Waals surface area contributed by atoms with Gasteiger partial charge in [-0.2, -0.15) is 0 Å². The molecule has 2 unspecified atom stereocenters. The van der Waals surface area contributed by atoms with Gasteiger partial charge in [0.2, 0.25) is 0 Å². The molecule has 3 heteroatoms. The summed E-state index contributed by atoms with van der Waals surface area (Å²) in [6.45, 7) is 7.95. The zero-order chi connectivity index (χ0) is 24.9. The topological polar surface area (TPSA) is 38.7 Å². The molecule has 0 aliphatic heterocycles. The van der Waals surface area contributed by atoms with Crippen LogP contribution in [0, 0.1) is 11.8 Å². The first-order valence-corrected chi connectivity index (χ1v) is 13.1. The molecule has 0 aliphatic rings. The van der Waals surface area contributed by atoms with Crippen molar-refractivity contribution in [2.24, 2.45) is 11.8 Å². The van der Waals surface area contributed by atoms with Gasteiger partial charge < -0.3 is 14.6 Å². The molecule has 3 aromatic carbocycles. The number of aliphatic hydroxyl groups excluding tert-OH is 1. The minimum atomic E-state index is -0.824. The number of hydrogen-bond donors (Lipinski definition) is 1. The van der Waals surface area contributed by atoms with Gasteiger partial charge in [0.1, 0.15) is 11.7 Å². The number of rotatable bonds is 15. The first-order valence-electron chi connectivity index (χ1n) is 13.1. The van der Waals surface area contributed by atoms with Crippen LogP contribution in [0.2, 0.25) is 0 Å². The van der Waals surface area contributed by atoms with Gasteiger partial charge in [-0.25, -0.2) is 0 Å². The van der Waals surface area contributed by atoms with Crippen LogP contribution in [0.3, 0.4) is 0 Å². The van der Waals surface area contributed by atoms with E-state index >= 15 is 0 Å². The van der Waals surface area contributed by atoms with E-state index in [1.807, 2.05) is 54.6 Å². The Labute approximate surface area is 212 Å². The van der Waals surface area contributed by atoms with E-state index in [2.05, 4.69) is 57.2 Å². The molecule has 0 bridgehead atoms. The van der Waals surface area contributed by atoms with Crippen molar-refractivity contribution in [1.29, 1.82) is 0 Å². The van der Waals surface area contributed by atoms with Crippen molar-refractivity contribution in [3.63, 3.8) is 0 Å². The van der Waals surface area contributed by atoms with Crippen LogP contribution in [-0.4, -0.2) is 31.0 Å². The molecule has 3 rings (SSSR count). The predicted octanol–water partition coefficient (Wildman–Crippen LogP) is 7.23. The van der Waals surface area contributed by atoms with Gasteiger partial charge in [0, 0.05) is 6.61 Å². The normalized spacial score (nSPS) is 13.6. The Hall–Kier alpha value is -2.46. The Bertz CT molecular complexity index is 844. The molecule has 3 nitrogen and oxygen atoms in total. The van der Waals surface area contributed by atoms with Gasteiger partial charge in [-0.05, 0) is 34.9 Å². The summed E-state index contributed by atoms with van der Waals surface area (Å²) in [5.41, 5.74) is 2.26. The summed E-state index contributed by atoms with van der Waals surface area (Å²) in [6.07, 6.45) is 4.11. The first kappa shape index (κ1) is 27.1. The van der Waals surface area contributed by atoms with Gasteiger partial charge in [0.25, 0.3) is 0 Å². The third-order valence-electron chi connectivity index (χ3n) is 6.58. The molecule has 0 radical (unpaired) electrons. The molecule has 0 fully saturated rings. The average molecular weight is 475 g/mol. The molecule has 35 heavy (non-hydrogen) atoms. The zero-order valence-electron chi connectivity index (χ0n) is 21.6. The van der Waals surface area contributed by atoms with Crippen LogP contribution >= 0.6 is 0 Å². The number of ether oxygens (including phenoxy) is 2. The van der Waals surface area contributed by atoms with Crippen molar-refractivity contribution in [1.82, 2.24) is 0 Å². The molecule has 0 aliphatic carbocycles. The molecule has 2 atom stereocenters. The molecule has 0 saturated heterocycles. The maximum atomic E-state index is 10.8. The molecule has 0 heterocycles. The summed E-state index contributed by atoms with van der Waals surface area (Å²) in [6, 6.07) is 30.7. The predicted molar refractivity (Wildman–Crippen MR) is 144 cm³/mol. The Balaban J connectivity index is 1.66. The second-order valence-electron chi connectivity index (χ2n) is 10.0. The molecule has 1 N–H and O–H groups in total. The van der Waals surface area contributed by atoms with Crippen molar-refractivity contribution >= 4 is 0 Å². The molecule has 0 aromatic heterocycles. The highest BCUT2D eigenvalue weighted by Gasteiger charge is 2.38. The molecule has 0 amide bonds. The monoisotopic (exact) mass is 474 g/mol. The third kappa shape index (κ3) is 8.03. The second-order valence-corrected chi connectivity index (χ2v) is 10.0. The number of benzene rings is 3. The summed E-state index contributed by atoms with van der Waals surface area (Å²) < 4.78 is 12.5. The van der Waals surface area contributed by atoms with Crippen LogP contribution in [0.15, 0.2) is 91.0 Å². The SMILES string of the molecule is CC(C)CCCC(C)CCOCC(O)COC(c1ccccc1)(c1ccccc1)c1ccccc1. The van der Waals surface area contributed by atoms with Crippen LogP contribution in [0.4, 0.5) is 0 Å². The third-order valence-corrected chi connectivity index (χ3v) is 6.58. The zero-order valence-corrected chi connectivity index (χ0v) is 21.6. The van der Waals surface area contributed by atoms with Gasteiger partial charge in [-0.15, -0.1) is 0 Å². The highest BCUT2D eigenvalue weighted by molar-refractivity contribution is 5.47. The fourth-order valence-corrected chi connectivity index (χ4v) is 4.56. The van der Waals surface area contributed by atoms with Gasteiger partial charge in [-0.1, -0.05) is 131 Å². The lowest BCUT2D eigenvalue weighted by atomic mass is 9.80. The first-order chi connectivity index (χ1) is 17.0. The minimum absolute atomic E-state index is 0.169. The summed E-state index contributed by atoms with van der Waals surface area (Å²) in [7, 11) is 0. The Morgan fingerprint density at radius 3 is 1.60 bits per heavy atom. The van der Waals surface area contributed by atoms with Crippen LogP contribution in [0.1, 0.15) is 63.1 Å². The molecule has 188 valence electrons. The quantitative estimate of drug-likeness (QED) is 0.187. The van der Waals surface area contributed by atoms with E-state index in [4.69, 9.17) is 9.47 Å². The van der Waals surface area contributed by atoms with Crippen LogP contribution in [-0.2, 0) is 15.1 Å². The van der Waals surface area contributed by atoms with Gasteiger partial charge in [0.05, 0.1) is 13.2 Å². The lowest BCUT2D eigenvalue weighted by molar-refractivity contribution is -0.0647. The van der Waals surface area contributed by atoms with Crippen molar-refractivity contribution in [2.45, 2.75) is 58.2 Å². The largest absolute Gasteiger partial charge is 0.388 e. The van der Waals surface area contributed by atoms with Crippen LogP contribution < -0.4 is 0 Å². The van der Waals surface area contributed by atoms with Crippen molar-refractivity contribution in [2.75, 3.05) is 19.8 Å². The van der Waals surface area contributed by atoms with Crippen molar-refractivity contribution in [3.8, 4) is 0 Å². The van der Waals surface area contributed by atoms with E-state index in [1.54, 1.807) is 0 Å². The Morgan fingerprint density at radius 2 is 1.14 bits per heavy atom. The highest BCUT2D eigenvalue weighted by Crippen LogP contribution is 2.40. The lowest BCUT2D eigenvalue weighted by Crippen LogP contribution is -2.36. The average Bonchev–Trinajstić information content (AvgIpc) is 2.89. The Kier molecular flexibility index (Phi) is 11.0. The van der Waals surface area contributed by atoms with E-state index in [9.17, 15) is 5.11 Å². The van der Waals surface area contributed by atoms with Gasteiger partial charge in [-0.3, -0.25) is 0 Å². The van der Waals surface area contributed by atoms with E-state index in [0.717, 1.165) is 29.0 Å². The maximum absolute atomic E-state index is 10.8. The number of aliphatic hydroxyl groups is 1. The molecular weight excluding hydrogens is 432 g/mol. The maximum Gasteiger partial charge on any atom is 0.143 e. The summed E-state index contributed by atoms with van der Waals surface area (Å²) in [5.74, 6) is 1.41. The standard InChI is InChI=1S/C32H42O3/c1-26(2)14-13-15-27(3)22-23-34-24-31(33)25-35-32(28-16-7-4-8-17-28,29-18-9-5-10-19-29)30-20-11-6-12-21-30/h4-12,16-21,26-27,31,33H,13-15,22-25H2,1-3H3. The van der Waals surface area contributed by atoms with Gasteiger partial charge in [0.15, 0.2) is 0 Å². The molecule has 0 spiro atoms. The fraction of sp³-hybridized carbons (Fsp3) is 0.438. The van der Waals surface area contributed by atoms with Crippen LogP contribution in [0.5, 0.6) is 0 Å². The van der Waals surface area contributed by atoms with Crippen molar-refractivity contribution in [3.05, 3.63) is 108 Å². The smallest absolute Gasteiger partial charge is 0.143 e.